The van der Waals surface area contributed by atoms with E-state index in [9.17, 15) is 0 Å². The number of nitrogens with zero attached hydrogens (tertiary/aromatic N) is 4. The minimum atomic E-state index is 0.458. The van der Waals surface area contributed by atoms with E-state index in [-0.39, 0.29) is 0 Å². The van der Waals surface area contributed by atoms with E-state index in [4.69, 9.17) is 13.3 Å². The van der Waals surface area contributed by atoms with Crippen LogP contribution in [-0.2, 0) is 18.6 Å². The summed E-state index contributed by atoms with van der Waals surface area (Å²) < 4.78 is 17.1. The van der Waals surface area contributed by atoms with Crippen molar-refractivity contribution in [2.45, 2.75) is 51.0 Å². The predicted octanol–water partition coefficient (Wildman–Crippen LogP) is 5.48. The van der Waals surface area contributed by atoms with E-state index in [0.717, 1.165) is 40.7 Å². The lowest BCUT2D eigenvalue weighted by Crippen LogP contribution is -2.07. The second-order valence-corrected chi connectivity index (χ2v) is 9.46. The van der Waals surface area contributed by atoms with Crippen LogP contribution in [0.15, 0.2) is 30.6 Å². The van der Waals surface area contributed by atoms with Crippen LogP contribution in [-0.4, -0.2) is 20.4 Å². The van der Waals surface area contributed by atoms with Gasteiger partial charge in [0.15, 0.2) is 0 Å². The molecule has 1 atom stereocenters. The van der Waals surface area contributed by atoms with Crippen molar-refractivity contribution in [2.75, 3.05) is 0 Å². The van der Waals surface area contributed by atoms with Gasteiger partial charge in [0, 0.05) is 4.88 Å². The van der Waals surface area contributed by atoms with Crippen LogP contribution < -0.4 is 0 Å². The monoisotopic (exact) mass is 428 g/mol. The molecule has 150 valence electrons. The lowest BCUT2D eigenvalue weighted by atomic mass is 9.90. The zero-order valence-corrected chi connectivity index (χ0v) is 18.0. The fraction of sp³-hybridized carbons (Fsp3) is 0.400. The Morgan fingerprint density at radius 3 is 2.76 bits per heavy atom. The third kappa shape index (κ3) is 3.76. The van der Waals surface area contributed by atoms with Crippen LogP contribution in [0.1, 0.15) is 41.2 Å². The highest BCUT2D eigenvalue weighted by atomic mass is 32.2. The fourth-order valence-corrected chi connectivity index (χ4v) is 5.30. The number of hydrogen-bond donors (Lipinski definition) is 0. The molecule has 0 saturated heterocycles. The lowest BCUT2D eigenvalue weighted by molar-refractivity contribution is 0.465. The van der Waals surface area contributed by atoms with Gasteiger partial charge < -0.3 is 13.3 Å². The Morgan fingerprint density at radius 1 is 1.07 bits per heavy atom. The number of furan rings is 1. The molecule has 0 bridgehead atoms. The van der Waals surface area contributed by atoms with Gasteiger partial charge in [0.25, 0.3) is 17.0 Å². The van der Waals surface area contributed by atoms with E-state index in [0.29, 0.717) is 28.6 Å². The maximum absolute atomic E-state index is 5.86. The second-order valence-electron chi connectivity index (χ2n) is 7.40. The van der Waals surface area contributed by atoms with Gasteiger partial charge in [-0.1, -0.05) is 18.7 Å². The first-order chi connectivity index (χ1) is 14.0. The summed E-state index contributed by atoms with van der Waals surface area (Å²) in [5, 5.41) is 17.1. The van der Waals surface area contributed by atoms with Crippen LogP contribution in [0.5, 0.6) is 0 Å². The van der Waals surface area contributed by atoms with E-state index >= 15 is 0 Å². The quantitative estimate of drug-likeness (QED) is 0.386. The molecular weight excluding hydrogens is 408 g/mol. The number of hydrogen-bond acceptors (Lipinski definition) is 9. The Hall–Kier alpha value is -2.39. The molecule has 29 heavy (non-hydrogen) atoms. The number of aryl methyl sites for hydroxylation is 3. The first-order valence-electron chi connectivity index (χ1n) is 9.53. The Bertz CT molecular complexity index is 1160. The molecule has 0 aromatic carbocycles. The van der Waals surface area contributed by atoms with Gasteiger partial charge >= 0.3 is 0 Å². The summed E-state index contributed by atoms with van der Waals surface area (Å²) >= 11 is 3.15. The smallest absolute Gasteiger partial charge is 0.277 e. The zero-order chi connectivity index (χ0) is 20.0. The van der Waals surface area contributed by atoms with Crippen LogP contribution >= 0.6 is 23.1 Å². The molecule has 4 heterocycles. The zero-order valence-electron chi connectivity index (χ0n) is 16.4. The van der Waals surface area contributed by atoms with Crippen LogP contribution in [0.25, 0.3) is 22.2 Å². The normalized spacial score (nSPS) is 16.3. The minimum absolute atomic E-state index is 0.458. The third-order valence-corrected chi connectivity index (χ3v) is 7.03. The number of thioether (sulfide) groups is 1. The molecule has 0 fully saturated rings. The third-order valence-electron chi connectivity index (χ3n) is 5.00. The summed E-state index contributed by atoms with van der Waals surface area (Å²) in [6.07, 6.45) is 3.53. The summed E-state index contributed by atoms with van der Waals surface area (Å²) in [7, 11) is 0. The largest absolute Gasteiger partial charge is 0.466 e. The average molecular weight is 429 g/mol. The molecule has 0 saturated carbocycles. The first kappa shape index (κ1) is 18.6. The number of thiophene rings is 1. The highest BCUT2D eigenvalue weighted by Crippen LogP contribution is 2.37. The molecule has 0 radical (unpaired) electrons. The van der Waals surface area contributed by atoms with Gasteiger partial charge in [0.2, 0.25) is 5.89 Å². The SMILES string of the molecule is Cc1cc(-c2nnc(CSc3nnc(-c4cc5c(s4)CC[C@@H](C)C5)o3)o2)c(C)o1. The minimum Gasteiger partial charge on any atom is -0.466 e. The van der Waals surface area contributed by atoms with Crippen molar-refractivity contribution in [3.63, 3.8) is 0 Å². The second kappa shape index (κ2) is 7.46. The highest BCUT2D eigenvalue weighted by molar-refractivity contribution is 7.98. The van der Waals surface area contributed by atoms with E-state index < -0.39 is 0 Å². The number of fused-ring (bicyclic) bond motifs is 1. The molecule has 9 heteroatoms. The summed E-state index contributed by atoms with van der Waals surface area (Å²) in [5.41, 5.74) is 2.25. The van der Waals surface area contributed by atoms with Crippen molar-refractivity contribution in [1.82, 2.24) is 20.4 Å². The summed E-state index contributed by atoms with van der Waals surface area (Å²) in [4.78, 5) is 2.50. The van der Waals surface area contributed by atoms with Crippen molar-refractivity contribution < 1.29 is 13.3 Å². The van der Waals surface area contributed by atoms with E-state index in [1.807, 2.05) is 19.9 Å². The average Bonchev–Trinajstić information content (AvgIpc) is 3.45. The lowest BCUT2D eigenvalue weighted by Gasteiger charge is -2.16. The summed E-state index contributed by atoms with van der Waals surface area (Å²) in [6, 6.07) is 4.10. The standard InChI is InChI=1S/C20H20N4O3S2/c1-10-4-5-15-13(6-10)8-16(29-15)19-23-24-20(27-19)28-9-17-21-22-18(26-17)14-7-11(2)25-12(14)3/h7-8,10H,4-6,9H2,1-3H3/t10-/m1/s1. The Morgan fingerprint density at radius 2 is 1.93 bits per heavy atom. The van der Waals surface area contributed by atoms with Crippen LogP contribution in [0, 0.1) is 19.8 Å². The Kier molecular flexibility index (Phi) is 4.79. The molecule has 0 amide bonds. The topological polar surface area (TPSA) is 91.0 Å². The molecule has 0 unspecified atom stereocenters. The van der Waals surface area contributed by atoms with E-state index in [1.54, 1.807) is 11.3 Å². The number of aromatic nitrogens is 4. The Labute approximate surface area is 175 Å². The molecule has 1 aliphatic carbocycles. The van der Waals surface area contributed by atoms with Gasteiger partial charge in [0.1, 0.15) is 11.5 Å². The van der Waals surface area contributed by atoms with Crippen LogP contribution in [0.4, 0.5) is 0 Å². The maximum atomic E-state index is 5.86. The molecule has 4 aromatic heterocycles. The van der Waals surface area contributed by atoms with Crippen molar-refractivity contribution in [3.05, 3.63) is 40.0 Å². The van der Waals surface area contributed by atoms with Crippen molar-refractivity contribution in [2.24, 2.45) is 5.92 Å². The predicted molar refractivity (Wildman–Crippen MR) is 110 cm³/mol. The van der Waals surface area contributed by atoms with Crippen molar-refractivity contribution in [1.29, 1.82) is 0 Å². The molecule has 4 aromatic rings. The van der Waals surface area contributed by atoms with Crippen LogP contribution in [0.3, 0.4) is 0 Å². The molecular formula is C20H20N4O3S2. The van der Waals surface area contributed by atoms with Gasteiger partial charge in [0.05, 0.1) is 16.2 Å². The molecule has 5 rings (SSSR count). The van der Waals surface area contributed by atoms with E-state index in [1.165, 1.54) is 28.6 Å². The van der Waals surface area contributed by atoms with E-state index in [2.05, 4.69) is 33.4 Å². The van der Waals surface area contributed by atoms with Gasteiger partial charge in [-0.25, -0.2) is 0 Å². The summed E-state index contributed by atoms with van der Waals surface area (Å²) in [6.45, 7) is 6.07. The number of rotatable bonds is 5. The fourth-order valence-electron chi connectivity index (χ4n) is 3.57. The first-order valence-corrected chi connectivity index (χ1v) is 11.3. The maximum Gasteiger partial charge on any atom is 0.277 e. The molecule has 0 spiro atoms. The molecule has 0 aliphatic heterocycles. The van der Waals surface area contributed by atoms with Gasteiger partial charge in [-0.05, 0) is 56.7 Å². The van der Waals surface area contributed by atoms with Crippen LogP contribution in [0.2, 0.25) is 0 Å². The van der Waals surface area contributed by atoms with Gasteiger partial charge in [-0.15, -0.1) is 31.7 Å². The van der Waals surface area contributed by atoms with Gasteiger partial charge in [-0.3, -0.25) is 0 Å². The van der Waals surface area contributed by atoms with Crippen molar-refractivity contribution in [3.8, 4) is 22.2 Å². The molecule has 0 N–H and O–H groups in total. The molecule has 1 aliphatic rings. The van der Waals surface area contributed by atoms with Crippen molar-refractivity contribution >= 4 is 23.1 Å². The van der Waals surface area contributed by atoms with Gasteiger partial charge in [-0.2, -0.15) is 0 Å². The Balaban J connectivity index is 1.26. The molecule has 7 nitrogen and oxygen atoms in total. The highest BCUT2D eigenvalue weighted by Gasteiger charge is 2.21. The summed E-state index contributed by atoms with van der Waals surface area (Å²) in [5.74, 6) is 4.32.